The van der Waals surface area contributed by atoms with Crippen LogP contribution in [0.5, 0.6) is 0 Å². The van der Waals surface area contributed by atoms with Crippen LogP contribution in [0.4, 0.5) is 0 Å². The molecule has 3 nitrogen and oxygen atoms in total. The van der Waals surface area contributed by atoms with Crippen LogP contribution < -0.4 is 0 Å². The van der Waals surface area contributed by atoms with Gasteiger partial charge in [-0.05, 0) is 59.4 Å². The molecule has 0 aliphatic rings. The van der Waals surface area contributed by atoms with E-state index in [4.69, 9.17) is 0 Å². The Morgan fingerprint density at radius 3 is 1.92 bits per heavy atom. The number of hydrogen-bond acceptors (Lipinski definition) is 4. The maximum Gasteiger partial charge on any atom is 0.345 e. The van der Waals surface area contributed by atoms with Gasteiger partial charge in [-0.3, -0.25) is 4.79 Å². The summed E-state index contributed by atoms with van der Waals surface area (Å²) in [5, 5.41) is 9.17. The van der Waals surface area contributed by atoms with Gasteiger partial charge in [0, 0.05) is 9.75 Å². The zero-order valence-electron chi connectivity index (χ0n) is 14.0. The molecule has 0 bridgehead atoms. The second-order valence-electron chi connectivity index (χ2n) is 5.61. The van der Waals surface area contributed by atoms with Crippen LogP contribution in [0.3, 0.4) is 0 Å². The maximum absolute atomic E-state index is 11.2. The lowest BCUT2D eigenvalue weighted by Crippen LogP contribution is -1.97. The van der Waals surface area contributed by atoms with E-state index in [1.165, 1.54) is 33.8 Å². The average molecular weight is 370 g/mol. The lowest BCUT2D eigenvalue weighted by Gasteiger charge is -2.16. The van der Waals surface area contributed by atoms with Crippen molar-refractivity contribution in [2.24, 2.45) is 0 Å². The first-order chi connectivity index (χ1) is 12.1. The summed E-state index contributed by atoms with van der Waals surface area (Å²) < 4.78 is 0. The number of aromatic carboxylic acids is 1. The second kappa shape index (κ2) is 7.33. The van der Waals surface area contributed by atoms with Crippen LogP contribution in [0.25, 0.3) is 20.9 Å². The SMILES string of the molecule is CCc1c(-c2ccc(C=O)s2)ccc(-c2ccc(C(=O)O)s2)c1CC. The molecule has 0 amide bonds. The van der Waals surface area contributed by atoms with E-state index in [1.807, 2.05) is 18.2 Å². The van der Waals surface area contributed by atoms with Crippen LogP contribution in [-0.4, -0.2) is 17.4 Å². The molecule has 3 aromatic rings. The van der Waals surface area contributed by atoms with Crippen LogP contribution in [0, 0.1) is 0 Å². The number of carboxylic acid groups (broad SMARTS) is 1. The number of carbonyl (C=O) groups is 2. The molecule has 0 aliphatic carbocycles. The lowest BCUT2D eigenvalue weighted by molar-refractivity contribution is 0.0702. The van der Waals surface area contributed by atoms with E-state index in [9.17, 15) is 14.7 Å². The molecule has 0 spiro atoms. The molecule has 3 rings (SSSR count). The monoisotopic (exact) mass is 370 g/mol. The van der Waals surface area contributed by atoms with E-state index in [0.29, 0.717) is 4.88 Å². The molecule has 2 aromatic heterocycles. The van der Waals surface area contributed by atoms with Crippen LogP contribution in [-0.2, 0) is 12.8 Å². The summed E-state index contributed by atoms with van der Waals surface area (Å²) in [6.07, 6.45) is 2.64. The third-order valence-corrected chi connectivity index (χ3v) is 6.38. The van der Waals surface area contributed by atoms with Gasteiger partial charge in [0.25, 0.3) is 0 Å². The molecule has 5 heteroatoms. The Balaban J connectivity index is 2.15. The molecule has 1 N–H and O–H groups in total. The number of rotatable bonds is 6. The molecule has 0 fully saturated rings. The van der Waals surface area contributed by atoms with Crippen molar-refractivity contribution in [3.05, 3.63) is 57.3 Å². The first-order valence-corrected chi connectivity index (χ1v) is 9.75. The molecular weight excluding hydrogens is 352 g/mol. The fourth-order valence-electron chi connectivity index (χ4n) is 3.12. The van der Waals surface area contributed by atoms with Gasteiger partial charge in [0.2, 0.25) is 0 Å². The molecule has 0 aliphatic heterocycles. The van der Waals surface area contributed by atoms with Crippen LogP contribution >= 0.6 is 22.7 Å². The number of hydrogen-bond donors (Lipinski definition) is 1. The van der Waals surface area contributed by atoms with Gasteiger partial charge in [0.1, 0.15) is 4.88 Å². The van der Waals surface area contributed by atoms with Gasteiger partial charge in [-0.15, -0.1) is 22.7 Å². The highest BCUT2D eigenvalue weighted by Gasteiger charge is 2.17. The summed E-state index contributed by atoms with van der Waals surface area (Å²) >= 11 is 2.81. The van der Waals surface area contributed by atoms with Crippen molar-refractivity contribution in [1.82, 2.24) is 0 Å². The zero-order chi connectivity index (χ0) is 18.0. The molecule has 1 aromatic carbocycles. The van der Waals surface area contributed by atoms with Crippen LogP contribution in [0.15, 0.2) is 36.4 Å². The Morgan fingerprint density at radius 2 is 1.48 bits per heavy atom. The number of thiophene rings is 2. The topological polar surface area (TPSA) is 54.4 Å². The van der Waals surface area contributed by atoms with Crippen molar-refractivity contribution in [2.45, 2.75) is 26.7 Å². The number of carbonyl (C=O) groups excluding carboxylic acids is 1. The van der Waals surface area contributed by atoms with Crippen molar-refractivity contribution >= 4 is 34.9 Å². The highest BCUT2D eigenvalue weighted by molar-refractivity contribution is 7.17. The van der Waals surface area contributed by atoms with Gasteiger partial charge in [-0.25, -0.2) is 4.79 Å². The smallest absolute Gasteiger partial charge is 0.345 e. The summed E-state index contributed by atoms with van der Waals surface area (Å²) in [6, 6.07) is 11.6. The van der Waals surface area contributed by atoms with Crippen LogP contribution in [0.1, 0.15) is 44.3 Å². The Labute approximate surface area is 154 Å². The molecule has 25 heavy (non-hydrogen) atoms. The predicted molar refractivity (Wildman–Crippen MR) is 104 cm³/mol. The second-order valence-corrected chi connectivity index (χ2v) is 7.81. The Kier molecular flexibility index (Phi) is 5.16. The predicted octanol–water partition coefficient (Wildman–Crippen LogP) is 5.78. The van der Waals surface area contributed by atoms with Crippen molar-refractivity contribution in [3.8, 4) is 20.9 Å². The van der Waals surface area contributed by atoms with E-state index in [1.54, 1.807) is 6.07 Å². The molecular formula is C20H18O3S2. The summed E-state index contributed by atoms with van der Waals surface area (Å²) in [4.78, 5) is 25.3. The average Bonchev–Trinajstić information content (AvgIpc) is 3.29. The number of benzene rings is 1. The Hall–Kier alpha value is -2.24. The van der Waals surface area contributed by atoms with Gasteiger partial charge in [0.15, 0.2) is 6.29 Å². The molecule has 128 valence electrons. The van der Waals surface area contributed by atoms with E-state index < -0.39 is 5.97 Å². The van der Waals surface area contributed by atoms with Crippen molar-refractivity contribution in [2.75, 3.05) is 0 Å². The van der Waals surface area contributed by atoms with Crippen LogP contribution in [0.2, 0.25) is 0 Å². The molecule has 0 saturated carbocycles. The zero-order valence-corrected chi connectivity index (χ0v) is 15.7. The summed E-state index contributed by atoms with van der Waals surface area (Å²) in [5.41, 5.74) is 4.79. The fraction of sp³-hybridized carbons (Fsp3) is 0.200. The minimum atomic E-state index is -0.887. The third-order valence-electron chi connectivity index (χ3n) is 4.23. The largest absolute Gasteiger partial charge is 0.477 e. The summed E-state index contributed by atoms with van der Waals surface area (Å²) in [7, 11) is 0. The van der Waals surface area contributed by atoms with Gasteiger partial charge in [0.05, 0.1) is 4.88 Å². The fourth-order valence-corrected chi connectivity index (χ4v) is 4.89. The first-order valence-electron chi connectivity index (χ1n) is 8.12. The third kappa shape index (κ3) is 3.30. The first kappa shape index (κ1) is 17.6. The number of aldehydes is 1. The summed E-state index contributed by atoms with van der Waals surface area (Å²) in [6.45, 7) is 4.26. The summed E-state index contributed by atoms with van der Waals surface area (Å²) in [5.74, 6) is -0.887. The molecule has 0 saturated heterocycles. The Morgan fingerprint density at radius 1 is 0.920 bits per heavy atom. The maximum atomic E-state index is 11.2. The minimum absolute atomic E-state index is 0.355. The highest BCUT2D eigenvalue weighted by Crippen LogP contribution is 2.39. The van der Waals surface area contributed by atoms with Crippen molar-refractivity contribution < 1.29 is 14.7 Å². The highest BCUT2D eigenvalue weighted by atomic mass is 32.1. The normalized spacial score (nSPS) is 10.8. The number of carboxylic acids is 1. The lowest BCUT2D eigenvalue weighted by atomic mass is 9.91. The molecule has 0 atom stereocenters. The Bertz CT molecular complexity index is 934. The standard InChI is InChI=1S/C20H18O3S2/c1-3-13-14(4-2)16(18-9-10-19(25-18)20(22)23)7-6-15(13)17-8-5-12(11-21)24-17/h5-11H,3-4H2,1-2H3,(H,22,23). The van der Waals surface area contributed by atoms with Crippen molar-refractivity contribution in [3.63, 3.8) is 0 Å². The molecule has 0 radical (unpaired) electrons. The van der Waals surface area contributed by atoms with Gasteiger partial charge in [-0.1, -0.05) is 26.0 Å². The molecule has 2 heterocycles. The minimum Gasteiger partial charge on any atom is -0.477 e. The van der Waals surface area contributed by atoms with Gasteiger partial charge >= 0.3 is 5.97 Å². The quantitative estimate of drug-likeness (QED) is 0.560. The van der Waals surface area contributed by atoms with Crippen molar-refractivity contribution in [1.29, 1.82) is 0 Å². The van der Waals surface area contributed by atoms with Gasteiger partial charge < -0.3 is 5.11 Å². The van der Waals surface area contributed by atoms with E-state index >= 15 is 0 Å². The van der Waals surface area contributed by atoms with Gasteiger partial charge in [-0.2, -0.15) is 0 Å². The molecule has 0 unspecified atom stereocenters. The van der Waals surface area contributed by atoms with E-state index in [0.717, 1.165) is 44.9 Å². The van der Waals surface area contributed by atoms with E-state index in [-0.39, 0.29) is 0 Å². The van der Waals surface area contributed by atoms with E-state index in [2.05, 4.69) is 26.0 Å².